The Morgan fingerprint density at radius 1 is 1.29 bits per heavy atom. The standard InChI is InChI=1S/C17H17ClFN3O2/c18-12-5-11(6-13(19)7-12)17(24)21-3-4-22-14(9-21)8-15(20-22)16(23)10-1-2-10/h5-8,10,16,23H,1-4,9H2/t16-/m0/s1. The average molecular weight is 350 g/mol. The van der Waals surface area contributed by atoms with E-state index in [1.165, 1.54) is 18.2 Å². The molecule has 1 amide bonds. The van der Waals surface area contributed by atoms with Crippen LogP contribution in [0.1, 0.15) is 40.7 Å². The van der Waals surface area contributed by atoms with Crippen LogP contribution in [0.4, 0.5) is 4.39 Å². The van der Waals surface area contributed by atoms with Crippen molar-refractivity contribution in [1.29, 1.82) is 0 Å². The van der Waals surface area contributed by atoms with Crippen LogP contribution >= 0.6 is 11.6 Å². The van der Waals surface area contributed by atoms with Crippen molar-refractivity contribution < 1.29 is 14.3 Å². The van der Waals surface area contributed by atoms with Crippen LogP contribution < -0.4 is 0 Å². The highest BCUT2D eigenvalue weighted by Crippen LogP contribution is 2.40. The van der Waals surface area contributed by atoms with Gasteiger partial charge in [-0.2, -0.15) is 5.10 Å². The van der Waals surface area contributed by atoms with Gasteiger partial charge in [-0.1, -0.05) is 11.6 Å². The van der Waals surface area contributed by atoms with Crippen molar-refractivity contribution in [3.8, 4) is 0 Å². The lowest BCUT2D eigenvalue weighted by atomic mass is 10.1. The molecule has 0 saturated heterocycles. The molecule has 1 N–H and O–H groups in total. The molecule has 1 atom stereocenters. The number of amides is 1. The molecule has 1 fully saturated rings. The van der Waals surface area contributed by atoms with E-state index in [4.69, 9.17) is 11.6 Å². The van der Waals surface area contributed by atoms with Crippen molar-refractivity contribution in [2.45, 2.75) is 32.0 Å². The van der Waals surface area contributed by atoms with Crippen molar-refractivity contribution in [1.82, 2.24) is 14.7 Å². The van der Waals surface area contributed by atoms with E-state index in [1.54, 1.807) is 4.90 Å². The van der Waals surface area contributed by atoms with Crippen molar-refractivity contribution >= 4 is 17.5 Å². The zero-order valence-electron chi connectivity index (χ0n) is 13.0. The second-order valence-electron chi connectivity index (χ2n) is 6.45. The summed E-state index contributed by atoms with van der Waals surface area (Å²) in [6.07, 6.45) is 1.55. The molecule has 0 spiro atoms. The summed E-state index contributed by atoms with van der Waals surface area (Å²) in [5.41, 5.74) is 1.80. The molecule has 1 saturated carbocycles. The number of benzene rings is 1. The Bertz CT molecular complexity index is 783. The van der Waals surface area contributed by atoms with Crippen LogP contribution in [-0.4, -0.2) is 32.2 Å². The first kappa shape index (κ1) is 15.6. The van der Waals surface area contributed by atoms with Gasteiger partial charge >= 0.3 is 0 Å². The van der Waals surface area contributed by atoms with Gasteiger partial charge in [0, 0.05) is 17.1 Å². The van der Waals surface area contributed by atoms with Gasteiger partial charge in [0.15, 0.2) is 0 Å². The largest absolute Gasteiger partial charge is 0.386 e. The Morgan fingerprint density at radius 2 is 2.08 bits per heavy atom. The lowest BCUT2D eigenvalue weighted by Crippen LogP contribution is -2.38. The van der Waals surface area contributed by atoms with E-state index in [-0.39, 0.29) is 16.5 Å². The number of aromatic nitrogens is 2. The molecule has 5 nitrogen and oxygen atoms in total. The van der Waals surface area contributed by atoms with Gasteiger partial charge in [0.25, 0.3) is 5.91 Å². The maximum atomic E-state index is 13.5. The summed E-state index contributed by atoms with van der Waals surface area (Å²) < 4.78 is 15.3. The van der Waals surface area contributed by atoms with E-state index >= 15 is 0 Å². The van der Waals surface area contributed by atoms with Gasteiger partial charge in [0.2, 0.25) is 0 Å². The van der Waals surface area contributed by atoms with Crippen LogP contribution in [0.15, 0.2) is 24.3 Å². The van der Waals surface area contributed by atoms with Gasteiger partial charge in [-0.05, 0) is 43.0 Å². The second-order valence-corrected chi connectivity index (χ2v) is 6.89. The maximum absolute atomic E-state index is 13.5. The molecule has 24 heavy (non-hydrogen) atoms. The molecule has 1 aliphatic heterocycles. The third kappa shape index (κ3) is 2.91. The fraction of sp³-hybridized carbons (Fsp3) is 0.412. The number of hydrogen-bond donors (Lipinski definition) is 1. The van der Waals surface area contributed by atoms with Crippen LogP contribution in [0.5, 0.6) is 0 Å². The van der Waals surface area contributed by atoms with E-state index in [2.05, 4.69) is 5.10 Å². The van der Waals surface area contributed by atoms with Gasteiger partial charge in [0.1, 0.15) is 11.9 Å². The Hall–Kier alpha value is -1.92. The Morgan fingerprint density at radius 3 is 2.79 bits per heavy atom. The summed E-state index contributed by atoms with van der Waals surface area (Å²) in [4.78, 5) is 14.2. The first-order valence-electron chi connectivity index (χ1n) is 8.01. The Labute approximate surface area is 143 Å². The molecule has 4 rings (SSSR count). The molecule has 1 aromatic carbocycles. The highest BCUT2D eigenvalue weighted by Gasteiger charge is 2.33. The maximum Gasteiger partial charge on any atom is 0.254 e. The Kier molecular flexibility index (Phi) is 3.81. The summed E-state index contributed by atoms with van der Waals surface area (Å²) in [7, 11) is 0. The highest BCUT2D eigenvalue weighted by atomic mass is 35.5. The molecule has 2 aliphatic rings. The monoisotopic (exact) mass is 349 g/mol. The smallest absolute Gasteiger partial charge is 0.254 e. The van der Waals surface area contributed by atoms with Gasteiger partial charge in [-0.25, -0.2) is 4.39 Å². The summed E-state index contributed by atoms with van der Waals surface area (Å²) in [6, 6.07) is 5.71. The van der Waals surface area contributed by atoms with Gasteiger partial charge in [0.05, 0.1) is 24.5 Å². The van der Waals surface area contributed by atoms with Crippen LogP contribution in [0, 0.1) is 11.7 Å². The van der Waals surface area contributed by atoms with Crippen LogP contribution in [0.3, 0.4) is 0 Å². The minimum absolute atomic E-state index is 0.204. The van der Waals surface area contributed by atoms with Crippen LogP contribution in [-0.2, 0) is 13.1 Å². The zero-order valence-corrected chi connectivity index (χ0v) is 13.7. The molecule has 0 radical (unpaired) electrons. The number of fused-ring (bicyclic) bond motifs is 1. The average Bonchev–Trinajstić information content (AvgIpc) is 3.30. The minimum Gasteiger partial charge on any atom is -0.386 e. The molecule has 7 heteroatoms. The van der Waals surface area contributed by atoms with Gasteiger partial charge in [-0.3, -0.25) is 9.48 Å². The number of carbonyl (C=O) groups is 1. The van der Waals surface area contributed by atoms with Crippen molar-refractivity contribution in [3.05, 3.63) is 52.1 Å². The van der Waals surface area contributed by atoms with Crippen LogP contribution in [0.2, 0.25) is 5.02 Å². The number of halogens is 2. The fourth-order valence-corrected chi connectivity index (χ4v) is 3.34. The second kappa shape index (κ2) is 5.86. The number of hydrogen-bond acceptors (Lipinski definition) is 3. The van der Waals surface area contributed by atoms with Crippen LogP contribution in [0.25, 0.3) is 0 Å². The quantitative estimate of drug-likeness (QED) is 0.927. The van der Waals surface area contributed by atoms with E-state index in [0.29, 0.717) is 31.2 Å². The third-order valence-corrected chi connectivity index (χ3v) is 4.80. The summed E-state index contributed by atoms with van der Waals surface area (Å²) >= 11 is 5.84. The lowest BCUT2D eigenvalue weighted by Gasteiger charge is -2.27. The molecule has 2 aromatic rings. The normalized spacial score (nSPS) is 18.4. The first-order valence-corrected chi connectivity index (χ1v) is 8.39. The topological polar surface area (TPSA) is 58.4 Å². The molecule has 1 aliphatic carbocycles. The molecule has 0 unspecified atom stereocenters. The highest BCUT2D eigenvalue weighted by molar-refractivity contribution is 6.31. The predicted molar refractivity (Wildman–Crippen MR) is 86.1 cm³/mol. The van der Waals surface area contributed by atoms with Crippen molar-refractivity contribution in [3.63, 3.8) is 0 Å². The molecule has 2 heterocycles. The van der Waals surface area contributed by atoms with E-state index < -0.39 is 11.9 Å². The number of aliphatic hydroxyl groups excluding tert-OH is 1. The fourth-order valence-electron chi connectivity index (χ4n) is 3.12. The first-order chi connectivity index (χ1) is 11.5. The number of aliphatic hydroxyl groups is 1. The SMILES string of the molecule is O=C(c1cc(F)cc(Cl)c1)N1CCn2nc([C@@H](O)C3CC3)cc2C1. The molecular weight excluding hydrogens is 333 g/mol. The summed E-state index contributed by atoms with van der Waals surface area (Å²) in [6.45, 7) is 1.43. The molecule has 1 aromatic heterocycles. The van der Waals surface area contributed by atoms with E-state index in [9.17, 15) is 14.3 Å². The van der Waals surface area contributed by atoms with Crippen molar-refractivity contribution in [2.75, 3.05) is 6.54 Å². The number of rotatable bonds is 3. The molecule has 0 bridgehead atoms. The third-order valence-electron chi connectivity index (χ3n) is 4.59. The van der Waals surface area contributed by atoms with Gasteiger partial charge < -0.3 is 10.0 Å². The number of nitrogens with zero attached hydrogens (tertiary/aromatic N) is 3. The number of carbonyl (C=O) groups excluding carboxylic acids is 1. The molecule has 126 valence electrons. The zero-order chi connectivity index (χ0) is 16.8. The van der Waals surface area contributed by atoms with E-state index in [0.717, 1.165) is 18.5 Å². The minimum atomic E-state index is -0.525. The summed E-state index contributed by atoms with van der Waals surface area (Å²) in [5, 5.41) is 14.9. The van der Waals surface area contributed by atoms with Gasteiger partial charge in [-0.15, -0.1) is 0 Å². The van der Waals surface area contributed by atoms with Crippen molar-refractivity contribution in [2.24, 2.45) is 5.92 Å². The van der Waals surface area contributed by atoms with E-state index in [1.807, 2.05) is 10.7 Å². The molecular formula is C17H17ClFN3O2. The lowest BCUT2D eigenvalue weighted by molar-refractivity contribution is 0.0705. The Balaban J connectivity index is 1.54. The predicted octanol–water partition coefficient (Wildman–Crippen LogP) is 2.78. The summed E-state index contributed by atoms with van der Waals surface area (Å²) in [5.74, 6) is -0.468.